The van der Waals surface area contributed by atoms with Crippen molar-refractivity contribution >= 4 is 5.91 Å². The van der Waals surface area contributed by atoms with Gasteiger partial charge in [0.05, 0.1) is 25.4 Å². The van der Waals surface area contributed by atoms with E-state index in [9.17, 15) is 9.90 Å². The molecule has 2 N–H and O–H groups in total. The second-order valence-corrected chi connectivity index (χ2v) is 5.46. The molecular weight excluding hydrogens is 272 g/mol. The van der Waals surface area contributed by atoms with Crippen LogP contribution in [0.4, 0.5) is 0 Å². The molecule has 1 rings (SSSR count). The maximum atomic E-state index is 12.3. The van der Waals surface area contributed by atoms with Gasteiger partial charge in [-0.25, -0.2) is 0 Å². The molecule has 118 valence electrons. The summed E-state index contributed by atoms with van der Waals surface area (Å²) < 4.78 is 10.4. The van der Waals surface area contributed by atoms with E-state index in [1.54, 1.807) is 25.1 Å². The van der Waals surface area contributed by atoms with Crippen LogP contribution in [0.3, 0.4) is 0 Å². The standard InChI is InChI=1S/C15H24N2O4/c1-15(19,10-17(2)3)9-16-14(18)11-7-6-8-12(20-4)13(11)21-5/h6-8,19H,9-10H2,1-5H3,(H,16,18). The van der Waals surface area contributed by atoms with Gasteiger partial charge in [-0.15, -0.1) is 0 Å². The molecular formula is C15H24N2O4. The first-order chi connectivity index (χ1) is 9.80. The highest BCUT2D eigenvalue weighted by Gasteiger charge is 2.24. The Morgan fingerprint density at radius 3 is 2.52 bits per heavy atom. The lowest BCUT2D eigenvalue weighted by atomic mass is 10.1. The quantitative estimate of drug-likeness (QED) is 0.777. The van der Waals surface area contributed by atoms with Crippen LogP contribution in [0, 0.1) is 0 Å². The lowest BCUT2D eigenvalue weighted by Crippen LogP contribution is -2.47. The van der Waals surface area contributed by atoms with Crippen molar-refractivity contribution in [2.75, 3.05) is 41.4 Å². The Kier molecular flexibility index (Phi) is 5.99. The first kappa shape index (κ1) is 17.3. The van der Waals surface area contributed by atoms with Crippen molar-refractivity contribution in [2.45, 2.75) is 12.5 Å². The zero-order valence-electron chi connectivity index (χ0n) is 13.3. The van der Waals surface area contributed by atoms with E-state index in [0.29, 0.717) is 23.6 Å². The van der Waals surface area contributed by atoms with Crippen LogP contribution in [0.2, 0.25) is 0 Å². The maximum absolute atomic E-state index is 12.3. The minimum Gasteiger partial charge on any atom is -0.493 e. The second-order valence-electron chi connectivity index (χ2n) is 5.46. The number of hydrogen-bond donors (Lipinski definition) is 2. The molecule has 0 bridgehead atoms. The number of para-hydroxylation sites is 1. The molecule has 0 spiro atoms. The first-order valence-electron chi connectivity index (χ1n) is 6.67. The number of amides is 1. The Morgan fingerprint density at radius 2 is 2.00 bits per heavy atom. The molecule has 1 aromatic carbocycles. The number of likely N-dealkylation sites (N-methyl/N-ethyl adjacent to an activating group) is 1. The number of nitrogens with zero attached hydrogens (tertiary/aromatic N) is 1. The molecule has 0 heterocycles. The average Bonchev–Trinajstić information content (AvgIpc) is 2.42. The van der Waals surface area contributed by atoms with Gasteiger partial charge in [0.1, 0.15) is 0 Å². The normalized spacial score (nSPS) is 13.7. The SMILES string of the molecule is COc1cccc(C(=O)NCC(C)(O)CN(C)C)c1OC. The molecule has 6 nitrogen and oxygen atoms in total. The summed E-state index contributed by atoms with van der Waals surface area (Å²) in [6, 6.07) is 5.09. The van der Waals surface area contributed by atoms with Gasteiger partial charge in [0, 0.05) is 13.1 Å². The predicted molar refractivity (Wildman–Crippen MR) is 81.1 cm³/mol. The van der Waals surface area contributed by atoms with Gasteiger partial charge in [0.2, 0.25) is 0 Å². The number of benzene rings is 1. The van der Waals surface area contributed by atoms with E-state index >= 15 is 0 Å². The monoisotopic (exact) mass is 296 g/mol. The summed E-state index contributed by atoms with van der Waals surface area (Å²) in [5, 5.41) is 12.9. The van der Waals surface area contributed by atoms with E-state index in [0.717, 1.165) is 0 Å². The zero-order valence-corrected chi connectivity index (χ0v) is 13.3. The third-order valence-electron chi connectivity index (χ3n) is 2.93. The van der Waals surface area contributed by atoms with Crippen LogP contribution in [0.15, 0.2) is 18.2 Å². The number of carbonyl (C=O) groups excluding carboxylic acids is 1. The van der Waals surface area contributed by atoms with Gasteiger partial charge in [-0.1, -0.05) is 6.07 Å². The fraction of sp³-hybridized carbons (Fsp3) is 0.533. The molecule has 0 aliphatic carbocycles. The fourth-order valence-corrected chi connectivity index (χ4v) is 2.17. The van der Waals surface area contributed by atoms with Gasteiger partial charge in [-0.2, -0.15) is 0 Å². The van der Waals surface area contributed by atoms with Gasteiger partial charge in [0.25, 0.3) is 5.91 Å². The summed E-state index contributed by atoms with van der Waals surface area (Å²) in [6.07, 6.45) is 0. The van der Waals surface area contributed by atoms with E-state index in [-0.39, 0.29) is 12.5 Å². The third-order valence-corrected chi connectivity index (χ3v) is 2.93. The van der Waals surface area contributed by atoms with Crippen molar-refractivity contribution in [1.82, 2.24) is 10.2 Å². The first-order valence-corrected chi connectivity index (χ1v) is 6.67. The van der Waals surface area contributed by atoms with Gasteiger partial charge >= 0.3 is 0 Å². The highest BCUT2D eigenvalue weighted by molar-refractivity contribution is 5.97. The summed E-state index contributed by atoms with van der Waals surface area (Å²) >= 11 is 0. The number of hydrogen-bond acceptors (Lipinski definition) is 5. The Labute approximate surface area is 125 Å². The van der Waals surface area contributed by atoms with Gasteiger partial charge in [-0.3, -0.25) is 4.79 Å². The number of ether oxygens (including phenoxy) is 2. The van der Waals surface area contributed by atoms with Gasteiger partial charge < -0.3 is 24.8 Å². The minimum absolute atomic E-state index is 0.143. The molecule has 1 atom stereocenters. The van der Waals surface area contributed by atoms with Crippen LogP contribution >= 0.6 is 0 Å². The lowest BCUT2D eigenvalue weighted by molar-refractivity contribution is 0.0325. The van der Waals surface area contributed by atoms with E-state index < -0.39 is 5.60 Å². The van der Waals surface area contributed by atoms with Gasteiger partial charge in [0.15, 0.2) is 11.5 Å². The Hall–Kier alpha value is -1.79. The van der Waals surface area contributed by atoms with Crippen molar-refractivity contribution in [3.63, 3.8) is 0 Å². The molecule has 0 aromatic heterocycles. The lowest BCUT2D eigenvalue weighted by Gasteiger charge is -2.27. The Bertz CT molecular complexity index is 487. The number of rotatable bonds is 7. The Morgan fingerprint density at radius 1 is 1.33 bits per heavy atom. The van der Waals surface area contributed by atoms with Crippen LogP contribution in [-0.2, 0) is 0 Å². The van der Waals surface area contributed by atoms with Crippen LogP contribution in [0.5, 0.6) is 11.5 Å². The number of carbonyl (C=O) groups is 1. The molecule has 1 unspecified atom stereocenters. The molecule has 21 heavy (non-hydrogen) atoms. The van der Waals surface area contributed by atoms with Crippen molar-refractivity contribution in [3.05, 3.63) is 23.8 Å². The second kappa shape index (κ2) is 7.28. The predicted octanol–water partition coefficient (Wildman–Crippen LogP) is 0.746. The summed E-state index contributed by atoms with van der Waals surface area (Å²) in [5.74, 6) is 0.555. The molecule has 1 amide bonds. The Balaban J connectivity index is 2.81. The number of aliphatic hydroxyl groups is 1. The molecule has 0 aliphatic heterocycles. The van der Waals surface area contributed by atoms with Crippen molar-refractivity contribution in [1.29, 1.82) is 0 Å². The maximum Gasteiger partial charge on any atom is 0.255 e. The van der Waals surface area contributed by atoms with Crippen LogP contribution in [0.25, 0.3) is 0 Å². The minimum atomic E-state index is -1.01. The third kappa shape index (κ3) is 4.91. The molecule has 0 radical (unpaired) electrons. The summed E-state index contributed by atoms with van der Waals surface area (Å²) in [7, 11) is 6.72. The molecule has 1 aromatic rings. The fourth-order valence-electron chi connectivity index (χ4n) is 2.17. The molecule has 6 heteroatoms. The van der Waals surface area contributed by atoms with E-state index in [1.165, 1.54) is 14.2 Å². The molecule has 0 saturated carbocycles. The summed E-state index contributed by atoms with van der Waals surface area (Å²) in [6.45, 7) is 2.27. The smallest absolute Gasteiger partial charge is 0.255 e. The van der Waals surface area contributed by atoms with Crippen molar-refractivity contribution < 1.29 is 19.4 Å². The topological polar surface area (TPSA) is 71.0 Å². The average molecular weight is 296 g/mol. The van der Waals surface area contributed by atoms with Crippen LogP contribution in [0.1, 0.15) is 17.3 Å². The van der Waals surface area contributed by atoms with Gasteiger partial charge in [-0.05, 0) is 33.2 Å². The van der Waals surface area contributed by atoms with Crippen molar-refractivity contribution in [2.24, 2.45) is 0 Å². The molecule has 0 fully saturated rings. The van der Waals surface area contributed by atoms with E-state index in [4.69, 9.17) is 9.47 Å². The van der Waals surface area contributed by atoms with E-state index in [2.05, 4.69) is 5.32 Å². The van der Waals surface area contributed by atoms with Crippen LogP contribution < -0.4 is 14.8 Å². The number of nitrogens with one attached hydrogen (secondary N) is 1. The van der Waals surface area contributed by atoms with Crippen molar-refractivity contribution in [3.8, 4) is 11.5 Å². The summed E-state index contributed by atoms with van der Waals surface area (Å²) in [5.41, 5.74) is -0.636. The largest absolute Gasteiger partial charge is 0.493 e. The summed E-state index contributed by atoms with van der Waals surface area (Å²) in [4.78, 5) is 14.1. The highest BCUT2D eigenvalue weighted by Crippen LogP contribution is 2.30. The molecule has 0 aliphatic rings. The van der Waals surface area contributed by atoms with E-state index in [1.807, 2.05) is 19.0 Å². The van der Waals surface area contributed by atoms with Crippen LogP contribution in [-0.4, -0.2) is 62.9 Å². The number of methoxy groups -OCH3 is 2. The highest BCUT2D eigenvalue weighted by atomic mass is 16.5. The molecule has 0 saturated heterocycles. The zero-order chi connectivity index (χ0) is 16.0.